The number of carbonyl (C=O) groups excluding carboxylic acids is 1. The monoisotopic (exact) mass is 384 g/mol. The molecule has 0 saturated carbocycles. The zero-order chi connectivity index (χ0) is 17.9. The summed E-state index contributed by atoms with van der Waals surface area (Å²) in [6.07, 6.45) is 0. The summed E-state index contributed by atoms with van der Waals surface area (Å²) >= 11 is 7.12. The second kappa shape index (κ2) is 7.43. The summed E-state index contributed by atoms with van der Waals surface area (Å²) in [5.41, 5.74) is 2.72. The van der Waals surface area contributed by atoms with Crippen LogP contribution in [0, 0.1) is 0 Å². The molecule has 7 heteroatoms. The third kappa shape index (κ3) is 3.43. The van der Waals surface area contributed by atoms with Crippen molar-refractivity contribution < 1.29 is 4.79 Å². The van der Waals surface area contributed by atoms with Crippen molar-refractivity contribution in [2.24, 2.45) is 0 Å². The average Bonchev–Trinajstić information content (AvgIpc) is 3.19. The molecular weight excluding hydrogens is 368 g/mol. The standard InChI is InChI=1S/C19H17ClN4OS/c20-15-6-8-16(9-7-15)23-10-12-24(13-11-23)19(25)18-17(21-22-26-18)14-4-2-1-3-5-14/h1-9H,10-13H2. The van der Waals surface area contributed by atoms with Gasteiger partial charge < -0.3 is 9.80 Å². The minimum atomic E-state index is 0.00890. The summed E-state index contributed by atoms with van der Waals surface area (Å²) in [6.45, 7) is 2.93. The summed E-state index contributed by atoms with van der Waals surface area (Å²) < 4.78 is 4.01. The first-order valence-corrected chi connectivity index (χ1v) is 9.55. The maximum absolute atomic E-state index is 13.0. The maximum atomic E-state index is 13.0. The molecule has 0 unspecified atom stereocenters. The van der Waals surface area contributed by atoms with Gasteiger partial charge in [0.2, 0.25) is 0 Å². The second-order valence-corrected chi connectivity index (χ2v) is 7.26. The lowest BCUT2D eigenvalue weighted by atomic mass is 10.1. The van der Waals surface area contributed by atoms with E-state index in [1.54, 1.807) is 0 Å². The molecule has 26 heavy (non-hydrogen) atoms. The van der Waals surface area contributed by atoms with E-state index in [2.05, 4.69) is 14.5 Å². The van der Waals surface area contributed by atoms with Gasteiger partial charge >= 0.3 is 0 Å². The molecule has 132 valence electrons. The van der Waals surface area contributed by atoms with E-state index >= 15 is 0 Å². The zero-order valence-electron chi connectivity index (χ0n) is 14.0. The van der Waals surface area contributed by atoms with Crippen LogP contribution in [0.15, 0.2) is 54.6 Å². The van der Waals surface area contributed by atoms with Gasteiger partial charge in [0.05, 0.1) is 0 Å². The third-order valence-electron chi connectivity index (χ3n) is 4.49. The number of nitrogens with zero attached hydrogens (tertiary/aromatic N) is 4. The van der Waals surface area contributed by atoms with Crippen LogP contribution in [0.25, 0.3) is 11.3 Å². The van der Waals surface area contributed by atoms with Gasteiger partial charge in [-0.2, -0.15) is 0 Å². The molecule has 1 aromatic heterocycles. The number of benzene rings is 2. The maximum Gasteiger partial charge on any atom is 0.268 e. The Morgan fingerprint density at radius 2 is 1.65 bits per heavy atom. The number of aromatic nitrogens is 2. The minimum Gasteiger partial charge on any atom is -0.368 e. The van der Waals surface area contributed by atoms with E-state index in [1.165, 1.54) is 0 Å². The van der Waals surface area contributed by atoms with Gasteiger partial charge in [-0.25, -0.2) is 0 Å². The number of anilines is 1. The van der Waals surface area contributed by atoms with Gasteiger partial charge in [-0.15, -0.1) is 5.10 Å². The lowest BCUT2D eigenvalue weighted by Crippen LogP contribution is -2.48. The van der Waals surface area contributed by atoms with Crippen molar-refractivity contribution in [3.8, 4) is 11.3 Å². The predicted molar refractivity (Wildman–Crippen MR) is 105 cm³/mol. The van der Waals surface area contributed by atoms with Crippen LogP contribution in [0.4, 0.5) is 5.69 Å². The number of carbonyl (C=O) groups is 1. The van der Waals surface area contributed by atoms with Crippen LogP contribution in [-0.4, -0.2) is 46.6 Å². The Hall–Kier alpha value is -2.44. The number of halogens is 1. The molecule has 5 nitrogen and oxygen atoms in total. The van der Waals surface area contributed by atoms with E-state index in [-0.39, 0.29) is 5.91 Å². The van der Waals surface area contributed by atoms with Gasteiger partial charge in [0.1, 0.15) is 10.6 Å². The smallest absolute Gasteiger partial charge is 0.268 e. The molecule has 4 rings (SSSR count). The lowest BCUT2D eigenvalue weighted by Gasteiger charge is -2.36. The SMILES string of the molecule is O=C(c1snnc1-c1ccccc1)N1CCN(c2ccc(Cl)cc2)CC1. The number of hydrogen-bond acceptors (Lipinski definition) is 5. The van der Waals surface area contributed by atoms with Crippen molar-refractivity contribution in [1.29, 1.82) is 0 Å². The highest BCUT2D eigenvalue weighted by molar-refractivity contribution is 7.08. The summed E-state index contributed by atoms with van der Waals surface area (Å²) in [5, 5.41) is 4.90. The fraction of sp³-hybridized carbons (Fsp3) is 0.211. The van der Waals surface area contributed by atoms with Gasteiger partial charge in [-0.1, -0.05) is 46.4 Å². The quantitative estimate of drug-likeness (QED) is 0.688. The van der Waals surface area contributed by atoms with Crippen LogP contribution >= 0.6 is 23.1 Å². The highest BCUT2D eigenvalue weighted by atomic mass is 35.5. The van der Waals surface area contributed by atoms with Gasteiger partial charge in [0, 0.05) is 42.5 Å². The minimum absolute atomic E-state index is 0.00890. The number of hydrogen-bond donors (Lipinski definition) is 0. The molecule has 2 aromatic carbocycles. The van der Waals surface area contributed by atoms with Gasteiger partial charge in [-0.3, -0.25) is 4.79 Å². The van der Waals surface area contributed by atoms with Crippen LogP contribution in [0.3, 0.4) is 0 Å². The van der Waals surface area contributed by atoms with Crippen molar-refractivity contribution >= 4 is 34.7 Å². The van der Waals surface area contributed by atoms with Crippen molar-refractivity contribution in [2.45, 2.75) is 0 Å². The fourth-order valence-electron chi connectivity index (χ4n) is 3.08. The molecule has 1 aliphatic heterocycles. The fourth-order valence-corrected chi connectivity index (χ4v) is 3.86. The molecule has 1 aliphatic rings. The lowest BCUT2D eigenvalue weighted by molar-refractivity contribution is 0.0752. The summed E-state index contributed by atoms with van der Waals surface area (Å²) in [6, 6.07) is 17.5. The highest BCUT2D eigenvalue weighted by Gasteiger charge is 2.26. The molecule has 0 bridgehead atoms. The molecule has 1 amide bonds. The van der Waals surface area contributed by atoms with E-state index in [0.29, 0.717) is 23.7 Å². The molecule has 1 saturated heterocycles. The van der Waals surface area contributed by atoms with Gasteiger partial charge in [-0.05, 0) is 35.8 Å². The van der Waals surface area contributed by atoms with Crippen molar-refractivity contribution in [3.05, 3.63) is 64.5 Å². The Labute approximate surface area is 161 Å². The van der Waals surface area contributed by atoms with E-state index in [9.17, 15) is 4.79 Å². The van der Waals surface area contributed by atoms with Crippen LogP contribution in [-0.2, 0) is 0 Å². The van der Waals surface area contributed by atoms with Crippen LogP contribution in [0.1, 0.15) is 9.67 Å². The van der Waals surface area contributed by atoms with Crippen molar-refractivity contribution in [1.82, 2.24) is 14.5 Å². The molecule has 1 fully saturated rings. The Kier molecular flexibility index (Phi) is 4.86. The van der Waals surface area contributed by atoms with E-state index in [4.69, 9.17) is 11.6 Å². The average molecular weight is 385 g/mol. The molecule has 0 N–H and O–H groups in total. The largest absolute Gasteiger partial charge is 0.368 e. The molecule has 2 heterocycles. The van der Waals surface area contributed by atoms with E-state index < -0.39 is 0 Å². The van der Waals surface area contributed by atoms with Crippen LogP contribution in [0.2, 0.25) is 5.02 Å². The molecule has 0 radical (unpaired) electrons. The van der Waals surface area contributed by atoms with E-state index in [0.717, 1.165) is 40.9 Å². The zero-order valence-corrected chi connectivity index (χ0v) is 15.6. The van der Waals surface area contributed by atoms with Gasteiger partial charge in [0.15, 0.2) is 0 Å². The highest BCUT2D eigenvalue weighted by Crippen LogP contribution is 2.26. The summed E-state index contributed by atoms with van der Waals surface area (Å²) in [7, 11) is 0. The number of amides is 1. The third-order valence-corrected chi connectivity index (χ3v) is 5.45. The number of piperazine rings is 1. The first-order valence-electron chi connectivity index (χ1n) is 8.40. The Bertz CT molecular complexity index is 889. The Morgan fingerprint density at radius 3 is 2.35 bits per heavy atom. The van der Waals surface area contributed by atoms with E-state index in [1.807, 2.05) is 59.5 Å². The molecule has 3 aromatic rings. The molecule has 0 atom stereocenters. The molecule has 0 spiro atoms. The predicted octanol–water partition coefficient (Wildman–Crippen LogP) is 3.82. The summed E-state index contributed by atoms with van der Waals surface area (Å²) in [4.78, 5) is 17.7. The van der Waals surface area contributed by atoms with Gasteiger partial charge in [0.25, 0.3) is 5.91 Å². The first kappa shape index (κ1) is 17.0. The molecule has 0 aliphatic carbocycles. The van der Waals surface area contributed by atoms with Crippen molar-refractivity contribution in [2.75, 3.05) is 31.1 Å². The second-order valence-electron chi connectivity index (χ2n) is 6.07. The van der Waals surface area contributed by atoms with Crippen LogP contribution < -0.4 is 4.90 Å². The van der Waals surface area contributed by atoms with Crippen LogP contribution in [0.5, 0.6) is 0 Å². The Balaban J connectivity index is 1.46. The topological polar surface area (TPSA) is 49.3 Å². The number of rotatable bonds is 3. The summed E-state index contributed by atoms with van der Waals surface area (Å²) in [5.74, 6) is 0.00890. The first-order chi connectivity index (χ1) is 12.7. The molecular formula is C19H17ClN4OS. The normalized spacial score (nSPS) is 14.5. The Morgan fingerprint density at radius 1 is 0.962 bits per heavy atom. The van der Waals surface area contributed by atoms with Crippen molar-refractivity contribution in [3.63, 3.8) is 0 Å².